The molecule has 0 radical (unpaired) electrons. The number of carbonyl (C=O) groups is 3. The fourth-order valence-electron chi connectivity index (χ4n) is 5.67. The van der Waals surface area contributed by atoms with E-state index in [9.17, 15) is 19.2 Å². The Labute approximate surface area is 350 Å². The number of hydrogen-bond acceptors (Lipinski definition) is 16. The molecule has 16 nitrogen and oxygen atoms in total. The Morgan fingerprint density at radius 3 is 1.98 bits per heavy atom. The summed E-state index contributed by atoms with van der Waals surface area (Å²) in [4.78, 5) is 71.8. The molecule has 1 fully saturated rings. The Morgan fingerprint density at radius 1 is 0.862 bits per heavy atom. The molecule has 0 saturated carbocycles. The minimum Gasteiger partial charge on any atom is -0.485 e. The zero-order chi connectivity index (χ0) is 42.1. The summed E-state index contributed by atoms with van der Waals surface area (Å²) in [5.41, 5.74) is 3.99. The number of aromatic nitrogens is 6. The van der Waals surface area contributed by atoms with Gasteiger partial charge in [0.1, 0.15) is 32.6 Å². The van der Waals surface area contributed by atoms with E-state index in [1.807, 2.05) is 19.9 Å². The lowest BCUT2D eigenvalue weighted by atomic mass is 10.1. The number of aromatic carboxylic acids is 1. The molecule has 7 heterocycles. The second-order valence-corrected chi connectivity index (χ2v) is 16.6. The molecule has 7 rings (SSSR count). The first-order chi connectivity index (χ1) is 27.6. The molecule has 0 unspecified atom stereocenters. The highest BCUT2D eigenvalue weighted by molar-refractivity contribution is 7.15. The molecule has 0 aromatic carbocycles. The largest absolute Gasteiger partial charge is 0.485 e. The van der Waals surface area contributed by atoms with Gasteiger partial charge in [0, 0.05) is 43.2 Å². The van der Waals surface area contributed by atoms with Crippen molar-refractivity contribution in [2.24, 2.45) is 0 Å². The summed E-state index contributed by atoms with van der Waals surface area (Å²) >= 11 is 9.12. The number of halogens is 1. The van der Waals surface area contributed by atoms with E-state index in [2.05, 4.69) is 35.1 Å². The molecule has 1 saturated heterocycles. The van der Waals surface area contributed by atoms with Gasteiger partial charge < -0.3 is 24.6 Å². The maximum atomic E-state index is 13.2. The van der Waals surface area contributed by atoms with Crippen LogP contribution < -0.4 is 20.3 Å². The smallest absolute Gasteiger partial charge is 0.347 e. The summed E-state index contributed by atoms with van der Waals surface area (Å²) < 4.78 is 18.0. The van der Waals surface area contributed by atoms with Gasteiger partial charge in [-0.15, -0.1) is 34.0 Å². The van der Waals surface area contributed by atoms with E-state index >= 15 is 0 Å². The Kier molecular flexibility index (Phi) is 15.1. The number of methoxy groups -OCH3 is 1. The van der Waals surface area contributed by atoms with Crippen molar-refractivity contribution in [3.63, 3.8) is 0 Å². The highest BCUT2D eigenvalue weighted by Crippen LogP contribution is 2.30. The number of anilines is 1. The second kappa shape index (κ2) is 20.0. The van der Waals surface area contributed by atoms with E-state index in [1.165, 1.54) is 51.7 Å². The van der Waals surface area contributed by atoms with Crippen LogP contribution >= 0.6 is 45.6 Å². The fraction of sp³-hybridized carbons (Fsp3) is 0.342. The molecule has 20 heteroatoms. The third kappa shape index (κ3) is 11.3. The van der Waals surface area contributed by atoms with Crippen LogP contribution in [-0.2, 0) is 4.74 Å². The Balaban J connectivity index is 0.000000260. The van der Waals surface area contributed by atoms with Gasteiger partial charge in [-0.3, -0.25) is 23.7 Å². The summed E-state index contributed by atoms with van der Waals surface area (Å²) in [6.07, 6.45) is 4.77. The van der Waals surface area contributed by atoms with Crippen molar-refractivity contribution in [3.05, 3.63) is 93.9 Å². The van der Waals surface area contributed by atoms with Crippen LogP contribution in [0.3, 0.4) is 0 Å². The average Bonchev–Trinajstić information content (AvgIpc) is 3.85. The first kappa shape index (κ1) is 43.9. The number of thiazole rings is 3. The number of nitrogens with one attached hydrogen (secondary N) is 1. The summed E-state index contributed by atoms with van der Waals surface area (Å²) in [6.45, 7) is 15.0. The van der Waals surface area contributed by atoms with Crippen LogP contribution in [0.1, 0.15) is 61.1 Å². The van der Waals surface area contributed by atoms with Crippen molar-refractivity contribution in [1.29, 1.82) is 0 Å². The highest BCUT2D eigenvalue weighted by Gasteiger charge is 2.18. The third-order valence-corrected chi connectivity index (χ3v) is 11.9. The summed E-state index contributed by atoms with van der Waals surface area (Å²) in [5.74, 6) is -0.716. The Morgan fingerprint density at radius 2 is 1.47 bits per heavy atom. The summed E-state index contributed by atoms with van der Waals surface area (Å²) in [5, 5.41) is 13.5. The lowest BCUT2D eigenvalue weighted by Crippen LogP contribution is -2.38. The van der Waals surface area contributed by atoms with Crippen LogP contribution in [0.4, 0.5) is 5.69 Å². The number of carboxylic acid groups (broad SMARTS) is 1. The van der Waals surface area contributed by atoms with Crippen molar-refractivity contribution in [2.45, 2.75) is 41.5 Å². The number of rotatable bonds is 10. The number of amides is 1. The molecule has 0 bridgehead atoms. The van der Waals surface area contributed by atoms with E-state index in [-0.39, 0.29) is 23.1 Å². The highest BCUT2D eigenvalue weighted by atomic mass is 35.5. The monoisotopic (exact) mass is 868 g/mol. The van der Waals surface area contributed by atoms with Gasteiger partial charge >= 0.3 is 5.97 Å². The molecule has 58 heavy (non-hydrogen) atoms. The van der Waals surface area contributed by atoms with Crippen LogP contribution in [-0.4, -0.2) is 103 Å². The van der Waals surface area contributed by atoms with Gasteiger partial charge in [0.2, 0.25) is 11.6 Å². The van der Waals surface area contributed by atoms with Gasteiger partial charge in [-0.25, -0.2) is 29.7 Å². The van der Waals surface area contributed by atoms with Crippen LogP contribution in [0, 0.1) is 41.5 Å². The average molecular weight is 869 g/mol. The predicted octanol–water partition coefficient (Wildman–Crippen LogP) is 6.40. The van der Waals surface area contributed by atoms with Crippen molar-refractivity contribution in [2.75, 3.05) is 51.9 Å². The number of aryl methyl sites for hydroxylation is 6. The van der Waals surface area contributed by atoms with Crippen LogP contribution in [0.25, 0.3) is 16.8 Å². The minimum atomic E-state index is -0.886. The number of hydrogen-bond donors (Lipinski definition) is 2. The van der Waals surface area contributed by atoms with Gasteiger partial charge in [0.15, 0.2) is 0 Å². The van der Waals surface area contributed by atoms with Gasteiger partial charge in [-0.05, 0) is 71.3 Å². The van der Waals surface area contributed by atoms with Crippen molar-refractivity contribution >= 4 is 74.1 Å². The zero-order valence-corrected chi connectivity index (χ0v) is 36.0. The number of fused-ring (bicyclic) bond motifs is 1. The molecule has 1 aliphatic heterocycles. The lowest BCUT2D eigenvalue weighted by Gasteiger charge is -2.26. The number of ether oxygens (including phenoxy) is 3. The third-order valence-electron chi connectivity index (χ3n) is 8.36. The zero-order valence-electron chi connectivity index (χ0n) is 32.7. The number of pyridine rings is 2. The predicted molar refractivity (Wildman–Crippen MR) is 224 cm³/mol. The SMILES string of the molecule is COc1ncc(-c2ccc3ncc(OCCN4CCOCC4)c(=O)n3c2)cc1NC(=O)c1sc(C)nc1C.Cc1nc(C)c(C(=O)Cl)s1.Cc1nc(C)c(C(=O)O)s1. The quantitative estimate of drug-likeness (QED) is 0.143. The summed E-state index contributed by atoms with van der Waals surface area (Å²) in [7, 11) is 1.49. The molecule has 2 N–H and O–H groups in total. The van der Waals surface area contributed by atoms with Gasteiger partial charge in [0.05, 0.1) is 58.6 Å². The first-order valence-corrected chi connectivity index (χ1v) is 20.5. The van der Waals surface area contributed by atoms with Crippen molar-refractivity contribution in [3.8, 4) is 22.8 Å². The number of nitrogens with zero attached hydrogens (tertiary/aromatic N) is 7. The number of morpholine rings is 1. The lowest BCUT2D eigenvalue weighted by molar-refractivity contribution is 0.0321. The van der Waals surface area contributed by atoms with Crippen LogP contribution in [0.5, 0.6) is 11.6 Å². The summed E-state index contributed by atoms with van der Waals surface area (Å²) in [6, 6.07) is 5.35. The molecule has 6 aromatic heterocycles. The van der Waals surface area contributed by atoms with E-state index < -0.39 is 11.2 Å². The molecule has 1 aliphatic rings. The Bertz CT molecular complexity index is 2440. The van der Waals surface area contributed by atoms with E-state index in [1.54, 1.807) is 52.2 Å². The molecule has 1 amide bonds. The van der Waals surface area contributed by atoms with Gasteiger partial charge in [-0.2, -0.15) is 0 Å². The van der Waals surface area contributed by atoms with Crippen LogP contribution in [0.2, 0.25) is 0 Å². The normalized spacial score (nSPS) is 12.6. The first-order valence-electron chi connectivity index (χ1n) is 17.7. The van der Waals surface area contributed by atoms with E-state index in [0.717, 1.165) is 33.8 Å². The minimum absolute atomic E-state index is 0.184. The molecular formula is C38H41ClN8O8S3. The van der Waals surface area contributed by atoms with E-state index in [0.29, 0.717) is 74.8 Å². The number of carboxylic acids is 1. The topological polar surface area (TPSA) is 200 Å². The maximum Gasteiger partial charge on any atom is 0.347 e. The Hall–Kier alpha value is -5.18. The molecule has 6 aromatic rings. The van der Waals surface area contributed by atoms with E-state index in [4.69, 9.17) is 30.9 Å². The molecule has 0 spiro atoms. The van der Waals surface area contributed by atoms with Crippen molar-refractivity contribution in [1.82, 2.24) is 34.2 Å². The standard InChI is InChI=1S/C26H28N6O5S.C6H6ClNOS.C6H7NO2S/c1-16-23(38-17(2)29-16)24(33)30-20-12-19(13-28-25(20)35-3)18-4-5-22-27-14-21(26(34)32(22)15-18)37-11-8-31-6-9-36-10-7-31;1-3-5(6(7)9)10-4(2)8-3;1-3-5(6(8)9)10-4(2)7-3/h4-5,12-15H,6-11H2,1-3H3,(H,30,33);1-2H3;1-2H3,(H,8,9). The molecular weight excluding hydrogens is 828 g/mol. The molecule has 306 valence electrons. The fourth-order valence-corrected chi connectivity index (χ4v) is 8.24. The maximum absolute atomic E-state index is 13.2. The molecule has 0 aliphatic carbocycles. The van der Waals surface area contributed by atoms with Crippen molar-refractivity contribution < 1.29 is 33.7 Å². The second-order valence-electron chi connectivity index (χ2n) is 12.6. The van der Waals surface area contributed by atoms with Gasteiger partial charge in [0.25, 0.3) is 16.7 Å². The number of carbonyl (C=O) groups excluding carboxylic acids is 2. The van der Waals surface area contributed by atoms with Crippen LogP contribution in [0.15, 0.2) is 41.6 Å². The van der Waals surface area contributed by atoms with Gasteiger partial charge in [-0.1, -0.05) is 0 Å². The molecule has 0 atom stereocenters.